The summed E-state index contributed by atoms with van der Waals surface area (Å²) in [6.45, 7) is 3.25. The molecule has 3 rings (SSSR count). The Morgan fingerprint density at radius 3 is 2.76 bits per heavy atom. The van der Waals surface area contributed by atoms with Crippen LogP contribution < -0.4 is 4.90 Å². The highest BCUT2D eigenvalue weighted by Crippen LogP contribution is 2.27. The maximum Gasteiger partial charge on any atom is 0.138 e. The monoisotopic (exact) mass is 248 g/mol. The molecule has 0 spiro atoms. The van der Waals surface area contributed by atoms with E-state index in [1.165, 1.54) is 0 Å². The molecule has 17 heavy (non-hydrogen) atoms. The molecule has 0 saturated carbocycles. The second-order valence-corrected chi connectivity index (χ2v) is 4.48. The molecule has 2 aromatic rings. The van der Waals surface area contributed by atoms with E-state index in [4.69, 9.17) is 16.3 Å². The quantitative estimate of drug-likeness (QED) is 0.726. The third kappa shape index (κ3) is 2.08. The fourth-order valence-electron chi connectivity index (χ4n) is 2.16. The molecule has 0 N–H and O–H groups in total. The van der Waals surface area contributed by atoms with Crippen LogP contribution in [0.2, 0.25) is 5.15 Å². The van der Waals surface area contributed by atoms with Crippen LogP contribution in [0, 0.1) is 0 Å². The summed E-state index contributed by atoms with van der Waals surface area (Å²) in [5, 5.41) is 2.83. The molecule has 4 heteroatoms. The fraction of sp³-hybridized carbons (Fsp3) is 0.308. The Morgan fingerprint density at radius 1 is 1.18 bits per heavy atom. The lowest BCUT2D eigenvalue weighted by Gasteiger charge is -2.28. The predicted molar refractivity (Wildman–Crippen MR) is 69.8 cm³/mol. The molecular weight excluding hydrogens is 236 g/mol. The van der Waals surface area contributed by atoms with Crippen molar-refractivity contribution in [3.8, 4) is 0 Å². The van der Waals surface area contributed by atoms with E-state index in [1.807, 2.05) is 18.2 Å². The summed E-state index contributed by atoms with van der Waals surface area (Å²) >= 11 is 6.07. The lowest BCUT2D eigenvalue weighted by atomic mass is 10.1. The second kappa shape index (κ2) is 4.51. The Hall–Kier alpha value is -1.32. The van der Waals surface area contributed by atoms with Gasteiger partial charge in [0.1, 0.15) is 11.0 Å². The van der Waals surface area contributed by atoms with Gasteiger partial charge in [0.05, 0.1) is 13.2 Å². The third-order valence-corrected chi connectivity index (χ3v) is 3.19. The summed E-state index contributed by atoms with van der Waals surface area (Å²) in [4.78, 5) is 6.69. The Balaban J connectivity index is 2.13. The predicted octanol–water partition coefficient (Wildman–Crippen LogP) is 2.72. The van der Waals surface area contributed by atoms with Crippen LogP contribution in [0.3, 0.4) is 0 Å². The number of fused-ring (bicyclic) bond motifs is 1. The zero-order valence-electron chi connectivity index (χ0n) is 9.40. The first-order valence-corrected chi connectivity index (χ1v) is 6.10. The molecular formula is C13H13ClN2O. The maximum absolute atomic E-state index is 6.07. The van der Waals surface area contributed by atoms with Crippen molar-refractivity contribution in [3.63, 3.8) is 0 Å². The number of hydrogen-bond acceptors (Lipinski definition) is 3. The van der Waals surface area contributed by atoms with Gasteiger partial charge in [-0.25, -0.2) is 4.98 Å². The number of morpholine rings is 1. The number of nitrogens with zero attached hydrogens (tertiary/aromatic N) is 2. The summed E-state index contributed by atoms with van der Waals surface area (Å²) in [5.74, 6) is 0.969. The van der Waals surface area contributed by atoms with Gasteiger partial charge in [0.2, 0.25) is 0 Å². The van der Waals surface area contributed by atoms with Crippen molar-refractivity contribution < 1.29 is 4.74 Å². The lowest BCUT2D eigenvalue weighted by Crippen LogP contribution is -2.36. The van der Waals surface area contributed by atoms with Gasteiger partial charge in [0.15, 0.2) is 0 Å². The number of anilines is 1. The van der Waals surface area contributed by atoms with Crippen molar-refractivity contribution >= 4 is 28.2 Å². The smallest absolute Gasteiger partial charge is 0.138 e. The first kappa shape index (κ1) is 10.8. The number of pyridine rings is 1. The molecule has 1 aromatic carbocycles. The third-order valence-electron chi connectivity index (χ3n) is 3.00. The van der Waals surface area contributed by atoms with Crippen molar-refractivity contribution in [3.05, 3.63) is 35.5 Å². The number of hydrogen-bond donors (Lipinski definition) is 0. The Bertz CT molecular complexity index is 538. The van der Waals surface area contributed by atoms with Crippen molar-refractivity contribution in [2.75, 3.05) is 31.2 Å². The molecule has 1 fully saturated rings. The van der Waals surface area contributed by atoms with Gasteiger partial charge in [0, 0.05) is 18.5 Å². The average Bonchev–Trinajstić information content (AvgIpc) is 2.39. The van der Waals surface area contributed by atoms with Gasteiger partial charge < -0.3 is 9.64 Å². The van der Waals surface area contributed by atoms with E-state index >= 15 is 0 Å². The van der Waals surface area contributed by atoms with E-state index in [0.29, 0.717) is 5.15 Å². The number of aromatic nitrogens is 1. The minimum absolute atomic E-state index is 0.546. The number of benzene rings is 1. The standard InChI is InChI=1S/C13H13ClN2O/c14-12-9-10-3-1-2-4-11(10)13(15-12)16-5-7-17-8-6-16/h1-4,9H,5-8H2. The normalized spacial score (nSPS) is 16.4. The summed E-state index contributed by atoms with van der Waals surface area (Å²) in [6, 6.07) is 10.1. The van der Waals surface area contributed by atoms with Crippen LogP contribution in [0.5, 0.6) is 0 Å². The van der Waals surface area contributed by atoms with Gasteiger partial charge in [-0.15, -0.1) is 0 Å². The lowest BCUT2D eigenvalue weighted by molar-refractivity contribution is 0.122. The van der Waals surface area contributed by atoms with Crippen LogP contribution in [-0.4, -0.2) is 31.3 Å². The minimum Gasteiger partial charge on any atom is -0.378 e. The zero-order chi connectivity index (χ0) is 11.7. The highest BCUT2D eigenvalue weighted by molar-refractivity contribution is 6.30. The first-order chi connectivity index (χ1) is 8.34. The number of rotatable bonds is 1. The van der Waals surface area contributed by atoms with Crippen LogP contribution in [0.25, 0.3) is 10.8 Å². The minimum atomic E-state index is 0.546. The number of halogens is 1. The van der Waals surface area contributed by atoms with Crippen LogP contribution in [0.4, 0.5) is 5.82 Å². The van der Waals surface area contributed by atoms with Gasteiger partial charge in [-0.05, 0) is 11.5 Å². The molecule has 0 unspecified atom stereocenters. The van der Waals surface area contributed by atoms with Crippen molar-refractivity contribution in [2.45, 2.75) is 0 Å². The van der Waals surface area contributed by atoms with Gasteiger partial charge in [0.25, 0.3) is 0 Å². The first-order valence-electron chi connectivity index (χ1n) is 5.72. The molecule has 0 bridgehead atoms. The Labute approximate surface area is 105 Å². The Kier molecular flexibility index (Phi) is 2.87. The summed E-state index contributed by atoms with van der Waals surface area (Å²) in [7, 11) is 0. The van der Waals surface area contributed by atoms with E-state index < -0.39 is 0 Å². The molecule has 1 saturated heterocycles. The summed E-state index contributed by atoms with van der Waals surface area (Å²) in [5.41, 5.74) is 0. The van der Waals surface area contributed by atoms with Crippen LogP contribution in [0.15, 0.2) is 30.3 Å². The molecule has 0 atom stereocenters. The van der Waals surface area contributed by atoms with Crippen LogP contribution in [0.1, 0.15) is 0 Å². The maximum atomic E-state index is 6.07. The molecule has 1 aliphatic heterocycles. The molecule has 2 heterocycles. The average molecular weight is 249 g/mol. The highest BCUT2D eigenvalue weighted by Gasteiger charge is 2.15. The fourth-order valence-corrected chi connectivity index (χ4v) is 2.36. The van der Waals surface area contributed by atoms with E-state index in [2.05, 4.69) is 22.0 Å². The molecule has 1 aliphatic rings. The van der Waals surface area contributed by atoms with Gasteiger partial charge in [-0.1, -0.05) is 35.9 Å². The molecule has 3 nitrogen and oxygen atoms in total. The largest absolute Gasteiger partial charge is 0.378 e. The summed E-state index contributed by atoms with van der Waals surface area (Å²) in [6.07, 6.45) is 0. The SMILES string of the molecule is Clc1cc2ccccc2c(N2CCOCC2)n1. The van der Waals surface area contributed by atoms with E-state index in [9.17, 15) is 0 Å². The molecule has 1 aromatic heterocycles. The van der Waals surface area contributed by atoms with Crippen LogP contribution >= 0.6 is 11.6 Å². The van der Waals surface area contributed by atoms with Crippen molar-refractivity contribution in [1.29, 1.82) is 0 Å². The van der Waals surface area contributed by atoms with Gasteiger partial charge in [-0.3, -0.25) is 0 Å². The van der Waals surface area contributed by atoms with E-state index in [0.717, 1.165) is 42.9 Å². The highest BCUT2D eigenvalue weighted by atomic mass is 35.5. The second-order valence-electron chi connectivity index (χ2n) is 4.09. The number of ether oxygens (including phenoxy) is 1. The van der Waals surface area contributed by atoms with Gasteiger partial charge in [-0.2, -0.15) is 0 Å². The molecule has 0 amide bonds. The van der Waals surface area contributed by atoms with E-state index in [-0.39, 0.29) is 0 Å². The summed E-state index contributed by atoms with van der Waals surface area (Å²) < 4.78 is 5.36. The zero-order valence-corrected chi connectivity index (χ0v) is 10.2. The topological polar surface area (TPSA) is 25.4 Å². The van der Waals surface area contributed by atoms with Gasteiger partial charge >= 0.3 is 0 Å². The molecule has 0 aliphatic carbocycles. The molecule has 88 valence electrons. The molecule has 0 radical (unpaired) electrons. The Morgan fingerprint density at radius 2 is 1.94 bits per heavy atom. The van der Waals surface area contributed by atoms with E-state index in [1.54, 1.807) is 0 Å². The van der Waals surface area contributed by atoms with Crippen LogP contribution in [-0.2, 0) is 4.74 Å². The van der Waals surface area contributed by atoms with Crippen molar-refractivity contribution in [1.82, 2.24) is 4.98 Å². The van der Waals surface area contributed by atoms with Crippen molar-refractivity contribution in [2.24, 2.45) is 0 Å².